The highest BCUT2D eigenvalue weighted by atomic mass is 16.6. The molecule has 0 spiro atoms. The number of para-hydroxylation sites is 2. The van der Waals surface area contributed by atoms with Crippen LogP contribution in [0.1, 0.15) is 22.3 Å². The fraction of sp³-hybridized carbons (Fsp3) is 0.211. The predicted molar refractivity (Wildman–Crippen MR) is 101 cm³/mol. The van der Waals surface area contributed by atoms with Crippen molar-refractivity contribution >= 4 is 29.2 Å². The number of hydrogen-bond acceptors (Lipinski definition) is 6. The molecular weight excluding hydrogens is 366 g/mol. The van der Waals surface area contributed by atoms with E-state index in [4.69, 9.17) is 10.5 Å². The van der Waals surface area contributed by atoms with E-state index >= 15 is 0 Å². The summed E-state index contributed by atoms with van der Waals surface area (Å²) in [6.45, 7) is 0.874. The normalized spacial score (nSPS) is 10.2. The fourth-order valence-electron chi connectivity index (χ4n) is 2.58. The summed E-state index contributed by atoms with van der Waals surface area (Å²) in [5, 5.41) is 11.2. The van der Waals surface area contributed by atoms with Gasteiger partial charge in [-0.2, -0.15) is 0 Å². The summed E-state index contributed by atoms with van der Waals surface area (Å²) in [6.07, 6.45) is -0.0715. The number of amides is 2. The van der Waals surface area contributed by atoms with E-state index in [2.05, 4.69) is 0 Å². The van der Waals surface area contributed by atoms with Gasteiger partial charge in [0.25, 0.3) is 11.6 Å². The zero-order valence-electron chi connectivity index (χ0n) is 15.2. The van der Waals surface area contributed by atoms with Crippen molar-refractivity contribution in [2.24, 2.45) is 5.73 Å². The third kappa shape index (κ3) is 5.13. The number of primary amides is 1. The van der Waals surface area contributed by atoms with Crippen LogP contribution >= 0.6 is 0 Å². The highest BCUT2D eigenvalue weighted by Gasteiger charge is 2.25. The molecule has 2 rings (SSSR count). The first-order valence-corrected chi connectivity index (χ1v) is 8.36. The molecule has 0 aliphatic heterocycles. The Morgan fingerprint density at radius 3 is 2.39 bits per heavy atom. The maximum Gasteiger partial charge on any atom is 0.345 e. The average Bonchev–Trinajstić information content (AvgIpc) is 2.66. The van der Waals surface area contributed by atoms with Crippen LogP contribution in [0.4, 0.5) is 11.4 Å². The Labute approximate surface area is 160 Å². The first kappa shape index (κ1) is 20.6. The summed E-state index contributed by atoms with van der Waals surface area (Å²) in [5.74, 6) is -2.15. The van der Waals surface area contributed by atoms with Crippen molar-refractivity contribution in [1.82, 2.24) is 0 Å². The molecule has 9 heteroatoms. The van der Waals surface area contributed by atoms with Crippen LogP contribution in [0, 0.1) is 17.0 Å². The Morgan fingerprint density at radius 2 is 1.79 bits per heavy atom. The van der Waals surface area contributed by atoms with Gasteiger partial charge < -0.3 is 15.4 Å². The number of anilines is 1. The lowest BCUT2D eigenvalue weighted by Gasteiger charge is -2.22. The van der Waals surface area contributed by atoms with Gasteiger partial charge in [0.1, 0.15) is 5.56 Å². The molecule has 0 aromatic heterocycles. The van der Waals surface area contributed by atoms with E-state index in [0.717, 1.165) is 0 Å². The predicted octanol–water partition coefficient (Wildman–Crippen LogP) is 1.97. The topological polar surface area (TPSA) is 133 Å². The van der Waals surface area contributed by atoms with Gasteiger partial charge in [-0.25, -0.2) is 4.79 Å². The molecule has 0 heterocycles. The van der Waals surface area contributed by atoms with Crippen LogP contribution in [-0.4, -0.2) is 35.9 Å². The van der Waals surface area contributed by atoms with E-state index in [9.17, 15) is 24.5 Å². The van der Waals surface area contributed by atoms with Crippen LogP contribution in [-0.2, 0) is 14.3 Å². The van der Waals surface area contributed by atoms with Crippen LogP contribution in [0.2, 0.25) is 0 Å². The molecule has 0 aliphatic rings. The van der Waals surface area contributed by atoms with E-state index in [1.807, 2.05) is 0 Å². The molecule has 28 heavy (non-hydrogen) atoms. The SMILES string of the molecule is Cc1cccc(C(=O)OCC(=O)N(CCC(N)=O)c2ccccc2)c1[N+](=O)[O-]. The molecule has 2 N–H and O–H groups in total. The molecule has 2 aromatic carbocycles. The van der Waals surface area contributed by atoms with E-state index in [0.29, 0.717) is 11.3 Å². The molecule has 0 saturated carbocycles. The molecule has 0 radical (unpaired) electrons. The highest BCUT2D eigenvalue weighted by molar-refractivity contribution is 5.99. The Kier molecular flexibility index (Phi) is 6.80. The van der Waals surface area contributed by atoms with E-state index in [-0.39, 0.29) is 24.2 Å². The molecule has 146 valence electrons. The van der Waals surface area contributed by atoms with E-state index < -0.39 is 29.3 Å². The largest absolute Gasteiger partial charge is 0.452 e. The minimum absolute atomic E-state index is 0.0142. The van der Waals surface area contributed by atoms with Crippen LogP contribution in [0.3, 0.4) is 0 Å². The summed E-state index contributed by atoms with van der Waals surface area (Å²) in [6, 6.07) is 12.8. The van der Waals surface area contributed by atoms with Gasteiger partial charge in [0, 0.05) is 24.2 Å². The second kappa shape index (κ2) is 9.26. The number of nitrogens with two attached hydrogens (primary N) is 1. The number of nitro groups is 1. The molecule has 0 atom stereocenters. The highest BCUT2D eigenvalue weighted by Crippen LogP contribution is 2.24. The number of carbonyl (C=O) groups excluding carboxylic acids is 3. The van der Waals surface area contributed by atoms with Crippen molar-refractivity contribution in [1.29, 1.82) is 0 Å². The van der Waals surface area contributed by atoms with Gasteiger partial charge in [-0.1, -0.05) is 30.3 Å². The van der Waals surface area contributed by atoms with Crippen molar-refractivity contribution in [3.63, 3.8) is 0 Å². The van der Waals surface area contributed by atoms with Crippen LogP contribution in [0.15, 0.2) is 48.5 Å². The minimum atomic E-state index is -0.980. The molecule has 9 nitrogen and oxygen atoms in total. The summed E-state index contributed by atoms with van der Waals surface area (Å²) in [5.41, 5.74) is 5.36. The fourth-order valence-corrected chi connectivity index (χ4v) is 2.58. The lowest BCUT2D eigenvalue weighted by molar-refractivity contribution is -0.385. The Bertz CT molecular complexity index is 898. The van der Waals surface area contributed by atoms with E-state index in [1.54, 1.807) is 30.3 Å². The van der Waals surface area contributed by atoms with Crippen LogP contribution in [0.5, 0.6) is 0 Å². The molecule has 0 fully saturated rings. The minimum Gasteiger partial charge on any atom is -0.452 e. The van der Waals surface area contributed by atoms with Crippen molar-refractivity contribution in [2.75, 3.05) is 18.1 Å². The summed E-state index contributed by atoms with van der Waals surface area (Å²) in [4.78, 5) is 47.7. The van der Waals surface area contributed by atoms with Gasteiger partial charge in [0.15, 0.2) is 6.61 Å². The molecule has 2 amide bonds. The molecule has 0 aliphatic carbocycles. The van der Waals surface area contributed by atoms with Crippen LogP contribution in [0.25, 0.3) is 0 Å². The van der Waals surface area contributed by atoms with Crippen molar-refractivity contribution in [2.45, 2.75) is 13.3 Å². The standard InChI is InChI=1S/C19H19N3O6/c1-13-6-5-9-15(18(13)22(26)27)19(25)28-12-17(24)21(11-10-16(20)23)14-7-3-2-4-8-14/h2-9H,10-12H2,1H3,(H2,20,23). The second-order valence-corrected chi connectivity index (χ2v) is 5.90. The summed E-state index contributed by atoms with van der Waals surface area (Å²) in [7, 11) is 0. The first-order chi connectivity index (χ1) is 13.3. The zero-order valence-corrected chi connectivity index (χ0v) is 15.2. The zero-order chi connectivity index (χ0) is 20.7. The Hall–Kier alpha value is -3.75. The molecule has 0 bridgehead atoms. The quantitative estimate of drug-likeness (QED) is 0.420. The van der Waals surface area contributed by atoms with Crippen molar-refractivity contribution in [3.05, 3.63) is 69.8 Å². The first-order valence-electron chi connectivity index (χ1n) is 8.36. The lowest BCUT2D eigenvalue weighted by Crippen LogP contribution is -2.37. The van der Waals surface area contributed by atoms with Gasteiger partial charge in [-0.05, 0) is 25.1 Å². The van der Waals surface area contributed by atoms with Gasteiger partial charge in [0.2, 0.25) is 5.91 Å². The summed E-state index contributed by atoms with van der Waals surface area (Å²) < 4.78 is 4.99. The van der Waals surface area contributed by atoms with Crippen LogP contribution < -0.4 is 10.6 Å². The molecule has 0 saturated heterocycles. The Balaban J connectivity index is 2.14. The maximum absolute atomic E-state index is 12.5. The van der Waals surface area contributed by atoms with E-state index in [1.165, 1.54) is 30.0 Å². The van der Waals surface area contributed by atoms with Gasteiger partial charge >= 0.3 is 5.97 Å². The van der Waals surface area contributed by atoms with Gasteiger partial charge in [-0.3, -0.25) is 19.7 Å². The van der Waals surface area contributed by atoms with Crippen molar-refractivity contribution < 1.29 is 24.0 Å². The van der Waals surface area contributed by atoms with Gasteiger partial charge in [0.05, 0.1) is 4.92 Å². The monoisotopic (exact) mass is 385 g/mol. The maximum atomic E-state index is 12.5. The number of aryl methyl sites for hydroxylation is 1. The summed E-state index contributed by atoms with van der Waals surface area (Å²) >= 11 is 0. The number of nitrogens with zero attached hydrogens (tertiary/aromatic N) is 2. The smallest absolute Gasteiger partial charge is 0.345 e. The molecular formula is C19H19N3O6. The lowest BCUT2D eigenvalue weighted by atomic mass is 10.1. The number of rotatable bonds is 8. The number of hydrogen-bond donors (Lipinski definition) is 1. The second-order valence-electron chi connectivity index (χ2n) is 5.90. The molecule has 2 aromatic rings. The number of ether oxygens (including phenoxy) is 1. The third-order valence-corrected chi connectivity index (χ3v) is 3.92. The number of carbonyl (C=O) groups is 3. The van der Waals surface area contributed by atoms with Crippen molar-refractivity contribution in [3.8, 4) is 0 Å². The number of nitro benzene ring substituents is 1. The third-order valence-electron chi connectivity index (χ3n) is 3.92. The average molecular weight is 385 g/mol. The van der Waals surface area contributed by atoms with Gasteiger partial charge in [-0.15, -0.1) is 0 Å². The Morgan fingerprint density at radius 1 is 1.11 bits per heavy atom. The molecule has 0 unspecified atom stereocenters. The number of benzene rings is 2. The number of esters is 1.